The van der Waals surface area contributed by atoms with E-state index < -0.39 is 0 Å². The van der Waals surface area contributed by atoms with Crippen LogP contribution in [0.15, 0.2) is 30.3 Å². The molecule has 1 aromatic carbocycles. The van der Waals surface area contributed by atoms with Crippen LogP contribution in [-0.2, 0) is 4.74 Å². The molecule has 0 spiro atoms. The van der Waals surface area contributed by atoms with Gasteiger partial charge in [0.2, 0.25) is 0 Å². The molecule has 0 fully saturated rings. The van der Waals surface area contributed by atoms with Crippen LogP contribution in [0.3, 0.4) is 0 Å². The number of methoxy groups -OCH3 is 1. The third kappa shape index (κ3) is 4.16. The van der Waals surface area contributed by atoms with Gasteiger partial charge in [-0.3, -0.25) is 4.79 Å². The molecule has 1 N–H and O–H groups in total. The molecule has 3 nitrogen and oxygen atoms in total. The van der Waals surface area contributed by atoms with Gasteiger partial charge in [-0.1, -0.05) is 17.2 Å². The molecule has 0 aliphatic rings. The highest BCUT2D eigenvalue weighted by Crippen LogP contribution is 2.24. The van der Waals surface area contributed by atoms with Gasteiger partial charge in [0, 0.05) is 29.0 Å². The van der Waals surface area contributed by atoms with Gasteiger partial charge in [-0.05, 0) is 45.0 Å². The van der Waals surface area contributed by atoms with Crippen molar-refractivity contribution in [1.29, 1.82) is 0 Å². The highest BCUT2D eigenvalue weighted by molar-refractivity contribution is 7.12. The molecule has 4 heteroatoms. The van der Waals surface area contributed by atoms with Crippen molar-refractivity contribution in [2.75, 3.05) is 13.7 Å². The lowest BCUT2D eigenvalue weighted by molar-refractivity contribution is 0.0837. The number of hydrogen-bond donors (Lipinski definition) is 1. The number of ether oxygens (including phenoxy) is 1. The predicted octanol–water partition coefficient (Wildman–Crippen LogP) is 3.79. The fraction of sp³-hybridized carbons (Fsp3) is 0.353. The van der Waals surface area contributed by atoms with Gasteiger partial charge in [0.25, 0.3) is 5.91 Å². The van der Waals surface area contributed by atoms with Crippen LogP contribution in [0.4, 0.5) is 0 Å². The van der Waals surface area contributed by atoms with Gasteiger partial charge in [-0.25, -0.2) is 0 Å². The van der Waals surface area contributed by atoms with Crippen LogP contribution in [0.2, 0.25) is 0 Å². The maximum absolute atomic E-state index is 12.2. The summed E-state index contributed by atoms with van der Waals surface area (Å²) in [5, 5.41) is 2.95. The quantitative estimate of drug-likeness (QED) is 0.912. The average Bonchev–Trinajstić information content (AvgIpc) is 2.84. The zero-order chi connectivity index (χ0) is 15.4. The summed E-state index contributed by atoms with van der Waals surface area (Å²) in [6.45, 7) is 6.53. The molecule has 2 rings (SSSR count). The summed E-state index contributed by atoms with van der Waals surface area (Å²) in [6, 6.07) is 9.98. The van der Waals surface area contributed by atoms with E-state index in [4.69, 9.17) is 4.74 Å². The minimum Gasteiger partial charge on any atom is -0.374 e. The second-order valence-corrected chi connectivity index (χ2v) is 6.58. The Morgan fingerprint density at radius 1 is 1.19 bits per heavy atom. The second kappa shape index (κ2) is 6.87. The first-order valence-corrected chi connectivity index (χ1v) is 7.77. The zero-order valence-electron chi connectivity index (χ0n) is 12.9. The summed E-state index contributed by atoms with van der Waals surface area (Å²) in [5.41, 5.74) is 2.89. The SMILES string of the molecule is COC(CNC(=O)c1cc(C)cc(C)c1)c1ccc(C)s1. The van der Waals surface area contributed by atoms with E-state index in [1.807, 2.05) is 26.0 Å². The highest BCUT2D eigenvalue weighted by Gasteiger charge is 2.15. The number of amides is 1. The molecule has 0 radical (unpaired) electrons. The Labute approximate surface area is 130 Å². The van der Waals surface area contributed by atoms with Gasteiger partial charge in [0.15, 0.2) is 0 Å². The largest absolute Gasteiger partial charge is 0.374 e. The summed E-state index contributed by atoms with van der Waals surface area (Å²) in [7, 11) is 1.67. The predicted molar refractivity (Wildman–Crippen MR) is 87.1 cm³/mol. The molecule has 21 heavy (non-hydrogen) atoms. The Hall–Kier alpha value is -1.65. The smallest absolute Gasteiger partial charge is 0.251 e. The Kier molecular flexibility index (Phi) is 5.15. The van der Waals surface area contributed by atoms with E-state index in [9.17, 15) is 4.79 Å². The van der Waals surface area contributed by atoms with Crippen molar-refractivity contribution in [3.8, 4) is 0 Å². The van der Waals surface area contributed by atoms with Crippen molar-refractivity contribution in [2.45, 2.75) is 26.9 Å². The van der Waals surface area contributed by atoms with Gasteiger partial charge < -0.3 is 10.1 Å². The number of carbonyl (C=O) groups is 1. The third-order valence-electron chi connectivity index (χ3n) is 3.29. The standard InChI is InChI=1S/C17H21NO2S/c1-11-7-12(2)9-14(8-11)17(19)18-10-15(20-4)16-6-5-13(3)21-16/h5-9,15H,10H2,1-4H3,(H,18,19). The number of rotatable bonds is 5. The Morgan fingerprint density at radius 3 is 2.38 bits per heavy atom. The second-order valence-electron chi connectivity index (χ2n) is 5.26. The van der Waals surface area contributed by atoms with E-state index in [-0.39, 0.29) is 12.0 Å². The molecule has 1 aromatic heterocycles. The summed E-state index contributed by atoms with van der Waals surface area (Å²) < 4.78 is 5.48. The molecule has 0 aliphatic heterocycles. The van der Waals surface area contributed by atoms with Gasteiger partial charge in [-0.15, -0.1) is 11.3 Å². The molecule has 0 saturated heterocycles. The van der Waals surface area contributed by atoms with E-state index in [2.05, 4.69) is 30.4 Å². The normalized spacial score (nSPS) is 12.2. The summed E-state index contributed by atoms with van der Waals surface area (Å²) in [4.78, 5) is 14.6. The van der Waals surface area contributed by atoms with E-state index in [0.29, 0.717) is 12.1 Å². The van der Waals surface area contributed by atoms with Crippen molar-refractivity contribution in [2.24, 2.45) is 0 Å². The molecule has 1 heterocycles. The van der Waals surface area contributed by atoms with Crippen molar-refractivity contribution < 1.29 is 9.53 Å². The van der Waals surface area contributed by atoms with Crippen LogP contribution < -0.4 is 5.32 Å². The summed E-state index contributed by atoms with van der Waals surface area (Å²) in [5.74, 6) is -0.0582. The van der Waals surface area contributed by atoms with Crippen LogP contribution in [0.5, 0.6) is 0 Å². The number of thiophene rings is 1. The number of benzene rings is 1. The monoisotopic (exact) mass is 303 g/mol. The molecular formula is C17H21NO2S. The van der Waals surface area contributed by atoms with Gasteiger partial charge in [0.05, 0.1) is 0 Å². The first-order valence-electron chi connectivity index (χ1n) is 6.95. The Morgan fingerprint density at radius 2 is 1.86 bits per heavy atom. The Balaban J connectivity index is 2.02. The van der Waals surface area contributed by atoms with E-state index in [1.165, 1.54) is 4.88 Å². The lowest BCUT2D eigenvalue weighted by atomic mass is 10.1. The maximum Gasteiger partial charge on any atom is 0.251 e. The van der Waals surface area contributed by atoms with Crippen molar-refractivity contribution in [3.63, 3.8) is 0 Å². The summed E-state index contributed by atoms with van der Waals surface area (Å²) in [6.07, 6.45) is -0.0986. The number of hydrogen-bond acceptors (Lipinski definition) is 3. The number of aryl methyl sites for hydroxylation is 3. The van der Waals surface area contributed by atoms with Crippen molar-refractivity contribution in [1.82, 2.24) is 5.32 Å². The van der Waals surface area contributed by atoms with Crippen molar-refractivity contribution >= 4 is 17.2 Å². The van der Waals surface area contributed by atoms with E-state index in [0.717, 1.165) is 16.0 Å². The molecule has 1 unspecified atom stereocenters. The van der Waals surface area contributed by atoms with E-state index >= 15 is 0 Å². The molecule has 0 saturated carbocycles. The van der Waals surface area contributed by atoms with Crippen molar-refractivity contribution in [3.05, 3.63) is 56.8 Å². The van der Waals surface area contributed by atoms with Crippen LogP contribution in [0, 0.1) is 20.8 Å². The molecule has 0 bridgehead atoms. The molecule has 0 aliphatic carbocycles. The number of nitrogens with one attached hydrogen (secondary N) is 1. The zero-order valence-corrected chi connectivity index (χ0v) is 13.7. The fourth-order valence-corrected chi connectivity index (χ4v) is 3.27. The molecule has 1 amide bonds. The Bertz CT molecular complexity index is 613. The molecule has 1 atom stereocenters. The number of carbonyl (C=O) groups excluding carboxylic acids is 1. The van der Waals surface area contributed by atoms with Crippen LogP contribution >= 0.6 is 11.3 Å². The lowest BCUT2D eigenvalue weighted by Gasteiger charge is -2.15. The van der Waals surface area contributed by atoms with E-state index in [1.54, 1.807) is 18.4 Å². The third-order valence-corrected chi connectivity index (χ3v) is 4.39. The molecule has 2 aromatic rings. The van der Waals surface area contributed by atoms with Gasteiger partial charge >= 0.3 is 0 Å². The van der Waals surface area contributed by atoms with Gasteiger partial charge in [-0.2, -0.15) is 0 Å². The van der Waals surface area contributed by atoms with Crippen LogP contribution in [-0.4, -0.2) is 19.6 Å². The first-order chi connectivity index (χ1) is 9.99. The maximum atomic E-state index is 12.2. The van der Waals surface area contributed by atoms with Crippen LogP contribution in [0.25, 0.3) is 0 Å². The first kappa shape index (κ1) is 15.7. The fourth-order valence-electron chi connectivity index (χ4n) is 2.32. The van der Waals surface area contributed by atoms with Crippen LogP contribution in [0.1, 0.15) is 37.3 Å². The topological polar surface area (TPSA) is 38.3 Å². The molecule has 112 valence electrons. The molecular weight excluding hydrogens is 282 g/mol. The highest BCUT2D eigenvalue weighted by atomic mass is 32.1. The minimum atomic E-state index is -0.0986. The summed E-state index contributed by atoms with van der Waals surface area (Å²) >= 11 is 1.70. The average molecular weight is 303 g/mol. The lowest BCUT2D eigenvalue weighted by Crippen LogP contribution is -2.29. The van der Waals surface area contributed by atoms with Gasteiger partial charge in [0.1, 0.15) is 6.10 Å². The minimum absolute atomic E-state index is 0.0582.